The van der Waals surface area contributed by atoms with Crippen LogP contribution in [-0.2, 0) is 10.0 Å². The Morgan fingerprint density at radius 1 is 0.943 bits per heavy atom. The molecule has 3 heterocycles. The van der Waals surface area contributed by atoms with E-state index in [9.17, 15) is 17.2 Å². The summed E-state index contributed by atoms with van der Waals surface area (Å²) in [5.74, 6) is -2.80. The van der Waals surface area contributed by atoms with Crippen molar-refractivity contribution in [2.24, 2.45) is 0 Å². The number of benzene rings is 2. The number of anilines is 1. The molecule has 5 rings (SSSR count). The zero-order chi connectivity index (χ0) is 24.6. The Bertz CT molecular complexity index is 1660. The van der Waals surface area contributed by atoms with E-state index in [0.717, 1.165) is 6.20 Å². The minimum Gasteiger partial charge on any atom is -0.453 e. The van der Waals surface area contributed by atoms with Crippen LogP contribution in [0.15, 0.2) is 84.4 Å². The van der Waals surface area contributed by atoms with Gasteiger partial charge in [-0.2, -0.15) is 0 Å². The molecule has 0 spiro atoms. The summed E-state index contributed by atoms with van der Waals surface area (Å²) in [6.07, 6.45) is 7.07. The Kier molecular flexibility index (Phi) is 5.79. The minimum absolute atomic E-state index is 0.146. The minimum atomic E-state index is -4.48. The molecule has 0 fully saturated rings. The van der Waals surface area contributed by atoms with Crippen LogP contribution in [-0.4, -0.2) is 27.8 Å². The third-order valence-corrected chi connectivity index (χ3v) is 6.55. The van der Waals surface area contributed by atoms with Crippen molar-refractivity contribution in [1.82, 2.24) is 19.4 Å². The van der Waals surface area contributed by atoms with Crippen molar-refractivity contribution < 1.29 is 21.9 Å². The van der Waals surface area contributed by atoms with E-state index in [1.165, 1.54) is 24.5 Å². The molecule has 0 aliphatic heterocycles. The molecule has 0 amide bonds. The molecular weight excluding hydrogens is 500 g/mol. The Balaban J connectivity index is 1.52. The van der Waals surface area contributed by atoms with Crippen molar-refractivity contribution >= 4 is 33.1 Å². The van der Waals surface area contributed by atoms with Crippen LogP contribution in [0.3, 0.4) is 0 Å². The van der Waals surface area contributed by atoms with Gasteiger partial charge in [-0.1, -0.05) is 17.7 Å². The molecule has 35 heavy (non-hydrogen) atoms. The van der Waals surface area contributed by atoms with Gasteiger partial charge in [0.15, 0.2) is 17.4 Å². The second-order valence-corrected chi connectivity index (χ2v) is 9.31. The van der Waals surface area contributed by atoms with Gasteiger partial charge in [-0.05, 0) is 30.3 Å². The van der Waals surface area contributed by atoms with Crippen LogP contribution < -0.4 is 9.46 Å². The topological polar surface area (TPSA) is 98.5 Å². The van der Waals surface area contributed by atoms with E-state index in [2.05, 4.69) is 19.7 Å². The third-order valence-electron chi connectivity index (χ3n) is 4.94. The molecule has 2 aromatic carbocycles. The van der Waals surface area contributed by atoms with Crippen LogP contribution >= 0.6 is 11.6 Å². The summed E-state index contributed by atoms with van der Waals surface area (Å²) in [5, 5.41) is 0.396. The van der Waals surface area contributed by atoms with Crippen molar-refractivity contribution in [1.29, 1.82) is 0 Å². The number of nitrogens with one attached hydrogen (secondary N) is 1. The number of imidazole rings is 1. The van der Waals surface area contributed by atoms with E-state index in [1.807, 2.05) is 0 Å². The summed E-state index contributed by atoms with van der Waals surface area (Å²) in [6, 6.07) is 11.2. The van der Waals surface area contributed by atoms with E-state index < -0.39 is 32.3 Å². The van der Waals surface area contributed by atoms with Gasteiger partial charge in [0.25, 0.3) is 10.0 Å². The number of hydrogen-bond acceptors (Lipinski definition) is 6. The summed E-state index contributed by atoms with van der Waals surface area (Å²) in [6.45, 7) is 0. The lowest BCUT2D eigenvalue weighted by Gasteiger charge is -2.15. The summed E-state index contributed by atoms with van der Waals surface area (Å²) < 4.78 is 64.5. The first-order valence-corrected chi connectivity index (χ1v) is 11.9. The molecule has 0 unspecified atom stereocenters. The number of ether oxygens (including phenoxy) is 1. The molecule has 1 N–H and O–H groups in total. The largest absolute Gasteiger partial charge is 0.453 e. The SMILES string of the molecule is O=S(=O)(Nc1cnccn1)c1cc(F)c(Oc2ccc(Cl)cc2-c2cccc3nccn23)cc1F. The molecule has 0 atom stereocenters. The van der Waals surface area contributed by atoms with Crippen molar-refractivity contribution in [3.8, 4) is 22.8 Å². The fraction of sp³-hybridized carbons (Fsp3) is 0. The van der Waals surface area contributed by atoms with Crippen LogP contribution in [0.1, 0.15) is 0 Å². The summed E-state index contributed by atoms with van der Waals surface area (Å²) >= 11 is 6.19. The van der Waals surface area contributed by atoms with Gasteiger partial charge in [0.05, 0.1) is 11.9 Å². The highest BCUT2D eigenvalue weighted by Gasteiger charge is 2.24. The fourth-order valence-corrected chi connectivity index (χ4v) is 4.65. The zero-order valence-corrected chi connectivity index (χ0v) is 19.1. The maximum Gasteiger partial charge on any atom is 0.266 e. The maximum atomic E-state index is 14.9. The Morgan fingerprint density at radius 2 is 1.80 bits per heavy atom. The molecule has 0 aliphatic carbocycles. The van der Waals surface area contributed by atoms with Gasteiger partial charge in [-0.25, -0.2) is 27.2 Å². The number of nitrogens with zero attached hydrogens (tertiary/aromatic N) is 4. The third kappa shape index (κ3) is 4.51. The Labute approximate surface area is 202 Å². The first kappa shape index (κ1) is 22.7. The maximum absolute atomic E-state index is 14.9. The summed E-state index contributed by atoms with van der Waals surface area (Å²) in [4.78, 5) is 10.8. The molecule has 0 radical (unpaired) electrons. The van der Waals surface area contributed by atoms with Gasteiger partial charge in [0.1, 0.15) is 22.1 Å². The van der Waals surface area contributed by atoms with Crippen LogP contribution in [0, 0.1) is 11.6 Å². The predicted molar refractivity (Wildman–Crippen MR) is 125 cm³/mol. The number of sulfonamides is 1. The van der Waals surface area contributed by atoms with Crippen molar-refractivity contribution in [3.63, 3.8) is 0 Å². The highest BCUT2D eigenvalue weighted by Crippen LogP contribution is 2.37. The van der Waals surface area contributed by atoms with Gasteiger partial charge in [0, 0.05) is 47.5 Å². The fourth-order valence-electron chi connectivity index (χ4n) is 3.42. The molecule has 12 heteroatoms. The number of hydrogen-bond donors (Lipinski definition) is 1. The molecule has 0 saturated carbocycles. The molecule has 0 saturated heterocycles. The average Bonchev–Trinajstić information content (AvgIpc) is 3.32. The van der Waals surface area contributed by atoms with E-state index in [-0.39, 0.29) is 11.6 Å². The second kappa shape index (κ2) is 8.93. The molecule has 8 nitrogen and oxygen atoms in total. The van der Waals surface area contributed by atoms with Gasteiger partial charge < -0.3 is 4.74 Å². The number of aromatic nitrogens is 4. The normalized spacial score (nSPS) is 11.5. The highest BCUT2D eigenvalue weighted by atomic mass is 35.5. The van der Waals surface area contributed by atoms with E-state index >= 15 is 0 Å². The van der Waals surface area contributed by atoms with Crippen LogP contribution in [0.4, 0.5) is 14.6 Å². The van der Waals surface area contributed by atoms with Gasteiger partial charge in [-0.3, -0.25) is 14.1 Å². The van der Waals surface area contributed by atoms with Gasteiger partial charge in [0.2, 0.25) is 0 Å². The van der Waals surface area contributed by atoms with Crippen molar-refractivity contribution in [3.05, 3.63) is 96.2 Å². The smallest absolute Gasteiger partial charge is 0.266 e. The molecule has 176 valence electrons. The highest BCUT2D eigenvalue weighted by molar-refractivity contribution is 7.92. The first-order chi connectivity index (χ1) is 16.8. The quantitative estimate of drug-likeness (QED) is 0.330. The Morgan fingerprint density at radius 3 is 2.60 bits per heavy atom. The number of halogens is 3. The summed E-state index contributed by atoms with van der Waals surface area (Å²) in [7, 11) is -4.48. The predicted octanol–water partition coefficient (Wildman–Crippen LogP) is 5.32. The second-order valence-electron chi connectivity index (χ2n) is 7.22. The first-order valence-electron chi connectivity index (χ1n) is 9.99. The van der Waals surface area contributed by atoms with Crippen LogP contribution in [0.2, 0.25) is 5.02 Å². The number of rotatable bonds is 6. The standard InChI is InChI=1S/C23H14ClF2N5O3S/c24-14-4-5-19(15(10-14)18-2-1-3-23-29-8-9-31(18)23)34-20-11-17(26)21(12-16(20)25)35(32,33)30-22-13-27-6-7-28-22/h1-13H,(H,28,30). The van der Waals surface area contributed by atoms with Crippen molar-refractivity contribution in [2.75, 3.05) is 4.72 Å². The lowest BCUT2D eigenvalue weighted by atomic mass is 10.1. The lowest BCUT2D eigenvalue weighted by molar-refractivity contribution is 0.433. The van der Waals surface area contributed by atoms with Crippen LogP contribution in [0.5, 0.6) is 11.5 Å². The molecular formula is C23H14ClF2N5O3S. The summed E-state index contributed by atoms with van der Waals surface area (Å²) in [5.41, 5.74) is 1.79. The van der Waals surface area contributed by atoms with Crippen LogP contribution in [0.25, 0.3) is 16.9 Å². The molecule has 0 bridgehead atoms. The Hall–Kier alpha value is -4.09. The van der Waals surface area contributed by atoms with Gasteiger partial charge >= 0.3 is 0 Å². The van der Waals surface area contributed by atoms with E-state index in [1.54, 1.807) is 41.1 Å². The van der Waals surface area contributed by atoms with Crippen molar-refractivity contribution in [2.45, 2.75) is 4.90 Å². The number of pyridine rings is 1. The monoisotopic (exact) mass is 513 g/mol. The molecule has 5 aromatic rings. The molecule has 3 aromatic heterocycles. The van der Waals surface area contributed by atoms with E-state index in [4.69, 9.17) is 16.3 Å². The number of fused-ring (bicyclic) bond motifs is 1. The molecule has 0 aliphatic rings. The van der Waals surface area contributed by atoms with Gasteiger partial charge in [-0.15, -0.1) is 0 Å². The zero-order valence-electron chi connectivity index (χ0n) is 17.6. The lowest BCUT2D eigenvalue weighted by Crippen LogP contribution is -2.16. The average molecular weight is 514 g/mol. The van der Waals surface area contributed by atoms with E-state index in [0.29, 0.717) is 34.1 Å².